The first-order chi connectivity index (χ1) is 11.7. The minimum Gasteiger partial charge on any atom is -0.468 e. The van der Waals surface area contributed by atoms with Crippen molar-refractivity contribution in [2.45, 2.75) is 50.7 Å². The summed E-state index contributed by atoms with van der Waals surface area (Å²) in [6.45, 7) is 5.66. The summed E-state index contributed by atoms with van der Waals surface area (Å²) >= 11 is 0. The van der Waals surface area contributed by atoms with Gasteiger partial charge in [0.25, 0.3) is 0 Å². The maximum absolute atomic E-state index is 12.4. The predicted octanol–water partition coefficient (Wildman–Crippen LogP) is 2.66. The molecule has 3 aliphatic rings. The van der Waals surface area contributed by atoms with E-state index in [0.29, 0.717) is 18.2 Å². The molecular formula is C19H28N2O3. The Morgan fingerprint density at radius 1 is 1.21 bits per heavy atom. The molecule has 0 bridgehead atoms. The number of furan rings is 1. The van der Waals surface area contributed by atoms with Gasteiger partial charge in [-0.05, 0) is 50.2 Å². The molecule has 0 aliphatic carbocycles. The van der Waals surface area contributed by atoms with E-state index in [2.05, 4.69) is 4.90 Å². The number of piperidine rings is 1. The standard InChI is InChI=1S/C19H28N2O3/c22-18(21-7-1-2-8-21)12-16-13-19(24-15-16)5-9-20(10-6-19)14-17-4-3-11-23-17/h3-4,11,16H,1-2,5-10,12-15H2. The molecule has 3 aliphatic heterocycles. The van der Waals surface area contributed by atoms with Crippen molar-refractivity contribution in [1.29, 1.82) is 0 Å². The molecule has 5 heteroatoms. The van der Waals surface area contributed by atoms with Crippen molar-refractivity contribution < 1.29 is 13.9 Å². The first kappa shape index (κ1) is 16.2. The largest absolute Gasteiger partial charge is 0.468 e. The van der Waals surface area contributed by atoms with Crippen molar-refractivity contribution in [3.05, 3.63) is 24.2 Å². The molecule has 1 amide bonds. The zero-order valence-corrected chi connectivity index (χ0v) is 14.4. The van der Waals surface area contributed by atoms with E-state index in [-0.39, 0.29) is 5.60 Å². The topological polar surface area (TPSA) is 45.9 Å². The molecule has 5 nitrogen and oxygen atoms in total. The van der Waals surface area contributed by atoms with E-state index in [9.17, 15) is 4.79 Å². The molecule has 0 N–H and O–H groups in total. The molecule has 1 aromatic heterocycles. The van der Waals surface area contributed by atoms with Crippen molar-refractivity contribution in [3.63, 3.8) is 0 Å². The lowest BCUT2D eigenvalue weighted by Crippen LogP contribution is -2.43. The summed E-state index contributed by atoms with van der Waals surface area (Å²) in [5.74, 6) is 1.79. The van der Waals surface area contributed by atoms with E-state index in [1.165, 1.54) is 12.8 Å². The van der Waals surface area contributed by atoms with Crippen LogP contribution < -0.4 is 0 Å². The average Bonchev–Trinajstić information content (AvgIpc) is 3.33. The molecular weight excluding hydrogens is 304 g/mol. The van der Waals surface area contributed by atoms with Crippen LogP contribution in [-0.4, -0.2) is 54.1 Å². The summed E-state index contributed by atoms with van der Waals surface area (Å²) in [6, 6.07) is 3.99. The molecule has 1 unspecified atom stereocenters. The monoisotopic (exact) mass is 332 g/mol. The van der Waals surface area contributed by atoms with Gasteiger partial charge in [0.1, 0.15) is 5.76 Å². The molecule has 1 atom stereocenters. The number of hydrogen-bond donors (Lipinski definition) is 0. The van der Waals surface area contributed by atoms with E-state index in [4.69, 9.17) is 9.15 Å². The number of amides is 1. The van der Waals surface area contributed by atoms with Gasteiger partial charge in [-0.1, -0.05) is 0 Å². The maximum atomic E-state index is 12.4. The van der Waals surface area contributed by atoms with Crippen molar-refractivity contribution >= 4 is 5.91 Å². The van der Waals surface area contributed by atoms with Crippen LogP contribution in [0.4, 0.5) is 0 Å². The number of rotatable bonds is 4. The average molecular weight is 332 g/mol. The van der Waals surface area contributed by atoms with Gasteiger partial charge in [0.05, 0.1) is 25.0 Å². The number of likely N-dealkylation sites (tertiary alicyclic amines) is 2. The normalized spacial score (nSPS) is 27.2. The van der Waals surface area contributed by atoms with Crippen LogP contribution in [0.2, 0.25) is 0 Å². The molecule has 0 aromatic carbocycles. The summed E-state index contributed by atoms with van der Waals surface area (Å²) in [5.41, 5.74) is 0.0234. The highest BCUT2D eigenvalue weighted by atomic mass is 16.5. The van der Waals surface area contributed by atoms with Gasteiger partial charge in [-0.25, -0.2) is 0 Å². The van der Waals surface area contributed by atoms with E-state index < -0.39 is 0 Å². The van der Waals surface area contributed by atoms with Crippen LogP contribution in [0.3, 0.4) is 0 Å². The Morgan fingerprint density at radius 3 is 2.71 bits per heavy atom. The summed E-state index contributed by atoms with van der Waals surface area (Å²) in [7, 11) is 0. The fourth-order valence-electron chi connectivity index (χ4n) is 4.50. The van der Waals surface area contributed by atoms with Gasteiger partial charge in [0.15, 0.2) is 0 Å². The molecule has 24 heavy (non-hydrogen) atoms. The van der Waals surface area contributed by atoms with Crippen molar-refractivity contribution in [1.82, 2.24) is 9.80 Å². The highest BCUT2D eigenvalue weighted by Gasteiger charge is 2.43. The van der Waals surface area contributed by atoms with E-state index in [0.717, 1.165) is 64.4 Å². The lowest BCUT2D eigenvalue weighted by Gasteiger charge is -2.38. The van der Waals surface area contributed by atoms with E-state index in [1.54, 1.807) is 6.26 Å². The van der Waals surface area contributed by atoms with Crippen LogP contribution in [0.15, 0.2) is 22.8 Å². The third-order valence-corrected chi connectivity index (χ3v) is 5.93. The molecule has 4 heterocycles. The Labute approximate surface area is 143 Å². The van der Waals surface area contributed by atoms with Crippen LogP contribution >= 0.6 is 0 Å². The van der Waals surface area contributed by atoms with Crippen molar-refractivity contribution in [2.24, 2.45) is 5.92 Å². The summed E-state index contributed by atoms with van der Waals surface area (Å²) < 4.78 is 11.7. The second-order valence-electron chi connectivity index (χ2n) is 7.71. The van der Waals surface area contributed by atoms with Crippen LogP contribution in [0, 0.1) is 5.92 Å². The number of carbonyl (C=O) groups excluding carboxylic acids is 1. The lowest BCUT2D eigenvalue weighted by atomic mass is 9.84. The lowest BCUT2D eigenvalue weighted by molar-refractivity contribution is -0.131. The summed E-state index contributed by atoms with van der Waals surface area (Å²) in [4.78, 5) is 16.8. The van der Waals surface area contributed by atoms with Crippen LogP contribution in [0.25, 0.3) is 0 Å². The smallest absolute Gasteiger partial charge is 0.222 e. The van der Waals surface area contributed by atoms with Crippen molar-refractivity contribution in [2.75, 3.05) is 32.8 Å². The fraction of sp³-hybridized carbons (Fsp3) is 0.737. The Kier molecular flexibility index (Phi) is 4.63. The summed E-state index contributed by atoms with van der Waals surface area (Å²) in [6.07, 6.45) is 7.96. The Morgan fingerprint density at radius 2 is 2.00 bits per heavy atom. The minimum absolute atomic E-state index is 0.0234. The van der Waals surface area contributed by atoms with Crippen LogP contribution in [-0.2, 0) is 16.1 Å². The Hall–Kier alpha value is -1.33. The molecule has 1 aromatic rings. The minimum atomic E-state index is 0.0234. The molecule has 4 rings (SSSR count). The highest BCUT2D eigenvalue weighted by molar-refractivity contribution is 5.76. The Balaban J connectivity index is 1.25. The van der Waals surface area contributed by atoms with Gasteiger partial charge < -0.3 is 14.1 Å². The fourth-order valence-corrected chi connectivity index (χ4v) is 4.50. The maximum Gasteiger partial charge on any atom is 0.222 e. The number of nitrogens with zero attached hydrogens (tertiary/aromatic N) is 2. The second kappa shape index (κ2) is 6.89. The molecule has 0 radical (unpaired) electrons. The molecule has 3 fully saturated rings. The van der Waals surface area contributed by atoms with E-state index >= 15 is 0 Å². The number of carbonyl (C=O) groups is 1. The van der Waals surface area contributed by atoms with Gasteiger partial charge in [-0.2, -0.15) is 0 Å². The first-order valence-electron chi connectivity index (χ1n) is 9.39. The zero-order valence-electron chi connectivity index (χ0n) is 14.4. The van der Waals surface area contributed by atoms with Gasteiger partial charge >= 0.3 is 0 Å². The first-order valence-corrected chi connectivity index (χ1v) is 9.39. The Bertz CT molecular complexity index is 543. The quantitative estimate of drug-likeness (QED) is 0.850. The molecule has 1 spiro atoms. The van der Waals surface area contributed by atoms with Crippen molar-refractivity contribution in [3.8, 4) is 0 Å². The van der Waals surface area contributed by atoms with Crippen LogP contribution in [0.1, 0.15) is 44.3 Å². The number of ether oxygens (including phenoxy) is 1. The van der Waals surface area contributed by atoms with Gasteiger partial charge in [0.2, 0.25) is 5.91 Å². The summed E-state index contributed by atoms with van der Waals surface area (Å²) in [5, 5.41) is 0. The highest BCUT2D eigenvalue weighted by Crippen LogP contribution is 2.40. The molecule has 132 valence electrons. The third kappa shape index (κ3) is 3.52. The van der Waals surface area contributed by atoms with Gasteiger partial charge in [0, 0.05) is 32.6 Å². The number of hydrogen-bond acceptors (Lipinski definition) is 4. The SMILES string of the molecule is O=C(CC1COC2(CCN(Cc3ccco3)CC2)C1)N1CCCC1. The zero-order chi connectivity index (χ0) is 16.4. The predicted molar refractivity (Wildman–Crippen MR) is 90.4 cm³/mol. The van der Waals surface area contributed by atoms with E-state index in [1.807, 2.05) is 17.0 Å². The van der Waals surface area contributed by atoms with Gasteiger partial charge in [-0.15, -0.1) is 0 Å². The second-order valence-corrected chi connectivity index (χ2v) is 7.71. The van der Waals surface area contributed by atoms with Gasteiger partial charge in [-0.3, -0.25) is 9.69 Å². The third-order valence-electron chi connectivity index (χ3n) is 5.93. The molecule has 3 saturated heterocycles. The van der Waals surface area contributed by atoms with Crippen LogP contribution in [0.5, 0.6) is 0 Å². The molecule has 0 saturated carbocycles.